The molecule has 150 valence electrons. The van der Waals surface area contributed by atoms with Crippen LogP contribution >= 0.6 is 12.2 Å². The van der Waals surface area contributed by atoms with Crippen molar-refractivity contribution < 1.29 is 4.74 Å². The molecule has 0 radical (unpaired) electrons. The highest BCUT2D eigenvalue weighted by atomic mass is 32.1. The van der Waals surface area contributed by atoms with E-state index in [0.29, 0.717) is 17.3 Å². The number of nitrogens with zero attached hydrogens (tertiary/aromatic N) is 1. The fourth-order valence-corrected chi connectivity index (χ4v) is 5.27. The van der Waals surface area contributed by atoms with E-state index in [0.717, 1.165) is 19.0 Å². The minimum atomic E-state index is 0.463. The lowest BCUT2D eigenvalue weighted by atomic mass is 9.74. The van der Waals surface area contributed by atoms with Crippen molar-refractivity contribution >= 4 is 17.4 Å². The van der Waals surface area contributed by atoms with Crippen LogP contribution in [0.4, 0.5) is 0 Å². The molecule has 2 fully saturated rings. The lowest BCUT2D eigenvalue weighted by molar-refractivity contribution is 0.0590. The number of ether oxygens (including phenoxy) is 1. The summed E-state index contributed by atoms with van der Waals surface area (Å²) in [6.07, 6.45) is 11.1. The summed E-state index contributed by atoms with van der Waals surface area (Å²) < 4.78 is 5.83. The maximum absolute atomic E-state index is 5.83. The number of thiocarbonyl (C=S) groups is 1. The smallest absolute Gasteiger partial charge is 0.256 e. The maximum atomic E-state index is 5.83. The first kappa shape index (κ1) is 20.6. The molecular formula is C23H36N2OS. The van der Waals surface area contributed by atoms with E-state index in [1.165, 1.54) is 69.0 Å². The summed E-state index contributed by atoms with van der Waals surface area (Å²) in [7, 11) is 0. The average Bonchev–Trinajstić information content (AvgIpc) is 3.04. The molecule has 0 unspecified atom stereocenters. The second-order valence-corrected chi connectivity index (χ2v) is 8.90. The predicted molar refractivity (Wildman–Crippen MR) is 117 cm³/mol. The standard InChI is InChI=1S/C23H36N2OS/c1-3-6-20-9-12-23(13-10-20)11-5-14-25(23)15-16-26-22(27)24-18-21-8-4-7-19(2)17-21/h4,7-8,17,20H,3,5-6,9-16,18H2,1-2H3,(H,24,27). The molecule has 0 aromatic heterocycles. The van der Waals surface area contributed by atoms with Gasteiger partial charge < -0.3 is 10.1 Å². The van der Waals surface area contributed by atoms with Crippen molar-refractivity contribution in [3.05, 3.63) is 35.4 Å². The van der Waals surface area contributed by atoms with Crippen LogP contribution < -0.4 is 5.32 Å². The summed E-state index contributed by atoms with van der Waals surface area (Å²) in [6.45, 7) is 8.09. The summed E-state index contributed by atoms with van der Waals surface area (Å²) in [5.74, 6) is 0.970. The minimum absolute atomic E-state index is 0.463. The van der Waals surface area contributed by atoms with Crippen molar-refractivity contribution in [2.24, 2.45) is 5.92 Å². The van der Waals surface area contributed by atoms with Gasteiger partial charge in [0.1, 0.15) is 6.61 Å². The van der Waals surface area contributed by atoms with Crippen molar-refractivity contribution in [3.8, 4) is 0 Å². The molecule has 3 rings (SSSR count). The molecule has 0 amide bonds. The van der Waals surface area contributed by atoms with E-state index in [-0.39, 0.29) is 0 Å². The molecule has 0 bridgehead atoms. The molecule has 1 N–H and O–H groups in total. The van der Waals surface area contributed by atoms with Crippen molar-refractivity contribution in [2.75, 3.05) is 19.7 Å². The second-order valence-electron chi connectivity index (χ2n) is 8.53. The molecule has 1 aliphatic heterocycles. The Labute approximate surface area is 170 Å². The summed E-state index contributed by atoms with van der Waals surface area (Å²) in [5, 5.41) is 3.76. The summed E-state index contributed by atoms with van der Waals surface area (Å²) in [6, 6.07) is 8.49. The van der Waals surface area contributed by atoms with Gasteiger partial charge in [-0.25, -0.2) is 0 Å². The van der Waals surface area contributed by atoms with Gasteiger partial charge >= 0.3 is 0 Å². The molecule has 1 spiro atoms. The van der Waals surface area contributed by atoms with Gasteiger partial charge in [0, 0.05) is 18.6 Å². The van der Waals surface area contributed by atoms with Crippen molar-refractivity contribution in [3.63, 3.8) is 0 Å². The van der Waals surface area contributed by atoms with Crippen molar-refractivity contribution in [1.29, 1.82) is 0 Å². The zero-order valence-corrected chi connectivity index (χ0v) is 18.0. The lowest BCUT2D eigenvalue weighted by Crippen LogP contribution is -2.48. The van der Waals surface area contributed by atoms with Gasteiger partial charge in [-0.15, -0.1) is 0 Å². The SMILES string of the molecule is CCCC1CCC2(CCCN2CCOC(=S)NCc2cccc(C)c2)CC1. The number of rotatable bonds is 7. The quantitative estimate of drug-likeness (QED) is 0.648. The Hall–Kier alpha value is -1.13. The van der Waals surface area contributed by atoms with Gasteiger partial charge in [-0.3, -0.25) is 4.90 Å². The van der Waals surface area contributed by atoms with Crippen LogP contribution in [0.2, 0.25) is 0 Å². The van der Waals surface area contributed by atoms with Gasteiger partial charge in [-0.1, -0.05) is 49.6 Å². The third-order valence-corrected chi connectivity index (χ3v) is 6.85. The van der Waals surface area contributed by atoms with Crippen molar-refractivity contribution in [2.45, 2.75) is 77.3 Å². The van der Waals surface area contributed by atoms with Crippen molar-refractivity contribution in [1.82, 2.24) is 10.2 Å². The van der Waals surface area contributed by atoms with Crippen LogP contribution in [0.5, 0.6) is 0 Å². The average molecular weight is 389 g/mol. The molecule has 1 aromatic carbocycles. The molecule has 1 aliphatic carbocycles. The van der Waals surface area contributed by atoms with Crippen LogP contribution in [-0.2, 0) is 11.3 Å². The fourth-order valence-electron chi connectivity index (χ4n) is 5.12. The van der Waals surface area contributed by atoms with E-state index < -0.39 is 0 Å². The van der Waals surface area contributed by atoms with Gasteiger partial charge in [0.2, 0.25) is 0 Å². The van der Waals surface area contributed by atoms with E-state index in [1.807, 2.05) is 0 Å². The Morgan fingerprint density at radius 3 is 2.85 bits per heavy atom. The van der Waals surface area contributed by atoms with Gasteiger partial charge in [-0.2, -0.15) is 0 Å². The highest BCUT2D eigenvalue weighted by molar-refractivity contribution is 7.80. The molecule has 1 saturated heterocycles. The Morgan fingerprint density at radius 1 is 1.30 bits per heavy atom. The number of benzene rings is 1. The summed E-state index contributed by atoms with van der Waals surface area (Å²) in [5.41, 5.74) is 2.97. The third kappa shape index (κ3) is 5.68. The first-order chi connectivity index (χ1) is 13.1. The van der Waals surface area contributed by atoms with E-state index >= 15 is 0 Å². The molecule has 1 saturated carbocycles. The van der Waals surface area contributed by atoms with Crippen LogP contribution in [0.25, 0.3) is 0 Å². The summed E-state index contributed by atoms with van der Waals surface area (Å²) >= 11 is 5.37. The molecule has 4 heteroatoms. The molecule has 0 atom stereocenters. The Bertz CT molecular complexity index is 610. The van der Waals surface area contributed by atoms with E-state index in [1.54, 1.807) is 0 Å². The van der Waals surface area contributed by atoms with Crippen LogP contribution in [0.1, 0.15) is 69.4 Å². The van der Waals surface area contributed by atoms with Crippen LogP contribution in [0.3, 0.4) is 0 Å². The first-order valence-corrected chi connectivity index (χ1v) is 11.2. The third-order valence-electron chi connectivity index (χ3n) is 6.59. The molecule has 1 heterocycles. The largest absolute Gasteiger partial charge is 0.470 e. The van der Waals surface area contributed by atoms with Crippen LogP contribution in [0, 0.1) is 12.8 Å². The van der Waals surface area contributed by atoms with E-state index in [9.17, 15) is 0 Å². The Kier molecular flexibility index (Phi) is 7.54. The van der Waals surface area contributed by atoms with E-state index in [4.69, 9.17) is 17.0 Å². The highest BCUT2D eigenvalue weighted by Gasteiger charge is 2.42. The van der Waals surface area contributed by atoms with Crippen LogP contribution in [0.15, 0.2) is 24.3 Å². The summed E-state index contributed by atoms with van der Waals surface area (Å²) in [4.78, 5) is 2.71. The highest BCUT2D eigenvalue weighted by Crippen LogP contribution is 2.44. The zero-order valence-electron chi connectivity index (χ0n) is 17.1. The number of aryl methyl sites for hydroxylation is 1. The lowest BCUT2D eigenvalue weighted by Gasteiger charge is -2.44. The predicted octanol–water partition coefficient (Wildman–Crippen LogP) is 5.21. The zero-order chi connectivity index (χ0) is 19.1. The van der Waals surface area contributed by atoms with Gasteiger partial charge in [0.05, 0.1) is 0 Å². The normalized spacial score (nSPS) is 25.6. The number of nitrogens with one attached hydrogen (secondary N) is 1. The Balaban J connectivity index is 1.38. The maximum Gasteiger partial charge on any atom is 0.256 e. The Morgan fingerprint density at radius 2 is 2.11 bits per heavy atom. The topological polar surface area (TPSA) is 24.5 Å². The van der Waals surface area contributed by atoms with Gasteiger partial charge in [0.15, 0.2) is 0 Å². The first-order valence-electron chi connectivity index (χ1n) is 10.8. The number of hydrogen-bond donors (Lipinski definition) is 1. The van der Waals surface area contributed by atoms with Gasteiger partial charge in [0.25, 0.3) is 5.17 Å². The van der Waals surface area contributed by atoms with Gasteiger partial charge in [-0.05, 0) is 75.7 Å². The number of likely N-dealkylation sites (tertiary alicyclic amines) is 1. The fraction of sp³-hybridized carbons (Fsp3) is 0.696. The van der Waals surface area contributed by atoms with Crippen LogP contribution in [-0.4, -0.2) is 35.3 Å². The number of hydrogen-bond acceptors (Lipinski definition) is 3. The van der Waals surface area contributed by atoms with E-state index in [2.05, 4.69) is 48.3 Å². The molecule has 2 aliphatic rings. The molecule has 27 heavy (non-hydrogen) atoms. The molecule has 3 nitrogen and oxygen atoms in total. The molecule has 1 aromatic rings. The minimum Gasteiger partial charge on any atom is -0.470 e. The monoisotopic (exact) mass is 388 g/mol. The second kappa shape index (κ2) is 9.88. The molecular weight excluding hydrogens is 352 g/mol.